The molecule has 1 saturated carbocycles. The largest absolute Gasteiger partial charge is 0.480 e. The Balaban J connectivity index is 1.75. The van der Waals surface area contributed by atoms with Crippen LogP contribution in [0.4, 0.5) is 4.79 Å². The molecule has 1 aromatic rings. The van der Waals surface area contributed by atoms with Crippen molar-refractivity contribution in [1.82, 2.24) is 16.0 Å². The highest BCUT2D eigenvalue weighted by Gasteiger charge is 2.44. The third-order valence-corrected chi connectivity index (χ3v) is 6.07. The van der Waals surface area contributed by atoms with E-state index in [1.54, 1.807) is 19.1 Å². The zero-order valence-electron chi connectivity index (χ0n) is 16.0. The van der Waals surface area contributed by atoms with Gasteiger partial charge in [0, 0.05) is 5.56 Å². The lowest BCUT2D eigenvalue weighted by Crippen LogP contribution is -2.56. The molecule has 1 aromatic carbocycles. The monoisotopic (exact) mass is 387 g/mol. The van der Waals surface area contributed by atoms with Gasteiger partial charge in [-0.2, -0.15) is 0 Å². The van der Waals surface area contributed by atoms with Crippen molar-refractivity contribution in [1.29, 1.82) is 0 Å². The van der Waals surface area contributed by atoms with E-state index in [4.69, 9.17) is 0 Å². The summed E-state index contributed by atoms with van der Waals surface area (Å²) < 4.78 is 0. The smallest absolute Gasteiger partial charge is 0.329 e. The lowest BCUT2D eigenvalue weighted by Gasteiger charge is -2.37. The first-order valence-corrected chi connectivity index (χ1v) is 9.50. The standard InChI is InChI=1S/C20H25N3O5/c1-3-12-8-10-20(11-9-12,17(26)27)22-15(24)13-4-6-14(7-5-13)19(2)16(25)21-18(28)23-19/h4-7,12H,3,8-11H2,1-2H3,(H,22,24)(H,26,27)(H2,21,23,25,28). The lowest BCUT2D eigenvalue weighted by atomic mass is 9.75. The molecule has 28 heavy (non-hydrogen) atoms. The van der Waals surface area contributed by atoms with Crippen LogP contribution in [0.2, 0.25) is 0 Å². The Bertz CT molecular complexity index is 812. The molecular weight excluding hydrogens is 362 g/mol. The molecule has 1 atom stereocenters. The molecule has 8 nitrogen and oxygen atoms in total. The second kappa shape index (κ2) is 7.26. The third-order valence-electron chi connectivity index (χ3n) is 6.07. The molecule has 1 unspecified atom stereocenters. The number of urea groups is 1. The second-order valence-electron chi connectivity index (χ2n) is 7.80. The van der Waals surface area contributed by atoms with Crippen molar-refractivity contribution in [3.8, 4) is 0 Å². The average molecular weight is 387 g/mol. The normalized spacial score (nSPS) is 29.7. The van der Waals surface area contributed by atoms with Crippen molar-refractivity contribution < 1.29 is 24.3 Å². The van der Waals surface area contributed by atoms with E-state index < -0.39 is 34.9 Å². The maximum absolute atomic E-state index is 12.7. The lowest BCUT2D eigenvalue weighted by molar-refractivity contribution is -0.146. The first-order chi connectivity index (χ1) is 13.2. The maximum atomic E-state index is 12.7. The van der Waals surface area contributed by atoms with Crippen LogP contribution in [0.5, 0.6) is 0 Å². The number of carboxylic acids is 1. The number of nitrogens with one attached hydrogen (secondary N) is 3. The summed E-state index contributed by atoms with van der Waals surface area (Å²) in [6, 6.07) is 5.66. The van der Waals surface area contributed by atoms with Crippen LogP contribution in [-0.4, -0.2) is 34.5 Å². The number of rotatable bonds is 5. The predicted octanol–water partition coefficient (Wildman–Crippen LogP) is 1.89. The number of aliphatic carboxylic acids is 1. The van der Waals surface area contributed by atoms with Crippen LogP contribution in [0.3, 0.4) is 0 Å². The topological polar surface area (TPSA) is 125 Å². The van der Waals surface area contributed by atoms with Crippen molar-refractivity contribution in [3.05, 3.63) is 35.4 Å². The minimum absolute atomic E-state index is 0.301. The van der Waals surface area contributed by atoms with E-state index >= 15 is 0 Å². The van der Waals surface area contributed by atoms with Crippen LogP contribution in [0.25, 0.3) is 0 Å². The van der Waals surface area contributed by atoms with E-state index in [-0.39, 0.29) is 0 Å². The van der Waals surface area contributed by atoms with Crippen molar-refractivity contribution in [2.24, 2.45) is 5.92 Å². The first kappa shape index (κ1) is 19.9. The van der Waals surface area contributed by atoms with Gasteiger partial charge >= 0.3 is 12.0 Å². The zero-order valence-corrected chi connectivity index (χ0v) is 16.0. The summed E-state index contributed by atoms with van der Waals surface area (Å²) in [6.07, 6.45) is 3.38. The van der Waals surface area contributed by atoms with E-state index in [2.05, 4.69) is 22.9 Å². The molecule has 0 aromatic heterocycles. The average Bonchev–Trinajstić information content (AvgIpc) is 2.95. The Morgan fingerprint density at radius 2 is 1.79 bits per heavy atom. The van der Waals surface area contributed by atoms with Crippen molar-refractivity contribution in [2.75, 3.05) is 0 Å². The highest BCUT2D eigenvalue weighted by atomic mass is 16.4. The van der Waals surface area contributed by atoms with Gasteiger partial charge in [0.25, 0.3) is 11.8 Å². The Kier molecular flexibility index (Phi) is 5.14. The van der Waals surface area contributed by atoms with E-state index in [1.807, 2.05) is 0 Å². The predicted molar refractivity (Wildman–Crippen MR) is 101 cm³/mol. The van der Waals surface area contributed by atoms with Crippen LogP contribution in [0, 0.1) is 5.92 Å². The van der Waals surface area contributed by atoms with Gasteiger partial charge in [-0.25, -0.2) is 9.59 Å². The Morgan fingerprint density at radius 1 is 1.18 bits per heavy atom. The number of amides is 4. The number of imide groups is 1. The van der Waals surface area contributed by atoms with Crippen LogP contribution in [0.1, 0.15) is 61.9 Å². The van der Waals surface area contributed by atoms with Gasteiger partial charge in [-0.05, 0) is 56.2 Å². The molecule has 3 rings (SSSR count). The van der Waals surface area contributed by atoms with E-state index in [9.17, 15) is 24.3 Å². The SMILES string of the molecule is CCC1CCC(NC(=O)c2ccc(C3(C)NC(=O)NC3=O)cc2)(C(=O)O)CC1. The van der Waals surface area contributed by atoms with E-state index in [1.165, 1.54) is 12.1 Å². The van der Waals surface area contributed by atoms with Gasteiger partial charge in [0.15, 0.2) is 0 Å². The maximum Gasteiger partial charge on any atom is 0.329 e. The summed E-state index contributed by atoms with van der Waals surface area (Å²) in [6.45, 7) is 3.67. The van der Waals surface area contributed by atoms with Gasteiger partial charge in [0.05, 0.1) is 0 Å². The van der Waals surface area contributed by atoms with Crippen molar-refractivity contribution in [3.63, 3.8) is 0 Å². The molecule has 150 valence electrons. The van der Waals surface area contributed by atoms with Crippen LogP contribution >= 0.6 is 0 Å². The summed E-state index contributed by atoms with van der Waals surface area (Å²) >= 11 is 0. The first-order valence-electron chi connectivity index (χ1n) is 9.50. The zero-order chi connectivity index (χ0) is 20.5. The minimum Gasteiger partial charge on any atom is -0.480 e. The number of carboxylic acid groups (broad SMARTS) is 1. The number of carbonyl (C=O) groups excluding carboxylic acids is 3. The molecule has 4 amide bonds. The minimum atomic E-state index is -1.24. The van der Waals surface area contributed by atoms with E-state index in [0.717, 1.165) is 19.3 Å². The molecule has 0 bridgehead atoms. The molecule has 2 aliphatic rings. The molecule has 1 heterocycles. The summed E-state index contributed by atoms with van der Waals surface area (Å²) in [4.78, 5) is 48.0. The van der Waals surface area contributed by atoms with Gasteiger partial charge in [0.2, 0.25) is 0 Å². The molecule has 1 aliphatic carbocycles. The number of hydrogen-bond donors (Lipinski definition) is 4. The Labute approximate surface area is 163 Å². The van der Waals surface area contributed by atoms with E-state index in [0.29, 0.717) is 29.9 Å². The highest BCUT2D eigenvalue weighted by Crippen LogP contribution is 2.34. The Morgan fingerprint density at radius 3 is 2.25 bits per heavy atom. The van der Waals surface area contributed by atoms with Gasteiger partial charge in [-0.1, -0.05) is 25.5 Å². The molecule has 4 N–H and O–H groups in total. The van der Waals surface area contributed by atoms with Gasteiger partial charge in [-0.15, -0.1) is 0 Å². The van der Waals surface area contributed by atoms with Gasteiger partial charge < -0.3 is 15.7 Å². The van der Waals surface area contributed by atoms with Crippen molar-refractivity contribution >= 4 is 23.8 Å². The number of hydrogen-bond acceptors (Lipinski definition) is 4. The highest BCUT2D eigenvalue weighted by molar-refractivity contribution is 6.07. The fourth-order valence-electron chi connectivity index (χ4n) is 3.96. The van der Waals surface area contributed by atoms with Gasteiger partial charge in [0.1, 0.15) is 11.1 Å². The Hall–Kier alpha value is -2.90. The van der Waals surface area contributed by atoms with Crippen LogP contribution in [0.15, 0.2) is 24.3 Å². The molecule has 8 heteroatoms. The second-order valence-corrected chi connectivity index (χ2v) is 7.80. The van der Waals surface area contributed by atoms with Gasteiger partial charge in [-0.3, -0.25) is 14.9 Å². The molecule has 1 aliphatic heterocycles. The quantitative estimate of drug-likeness (QED) is 0.574. The summed E-state index contributed by atoms with van der Waals surface area (Å²) in [5.74, 6) is -1.44. The van der Waals surface area contributed by atoms with Crippen LogP contribution in [-0.2, 0) is 15.1 Å². The molecule has 0 spiro atoms. The molecule has 2 fully saturated rings. The molecule has 1 saturated heterocycles. The molecule has 0 radical (unpaired) electrons. The number of carbonyl (C=O) groups is 4. The summed E-state index contributed by atoms with van der Waals surface area (Å²) in [7, 11) is 0. The van der Waals surface area contributed by atoms with Crippen molar-refractivity contribution in [2.45, 2.75) is 57.0 Å². The summed E-state index contributed by atoms with van der Waals surface area (Å²) in [5.41, 5.74) is -1.61. The fourth-order valence-corrected chi connectivity index (χ4v) is 3.96. The summed E-state index contributed by atoms with van der Waals surface area (Å²) in [5, 5.41) is 17.2. The fraction of sp³-hybridized carbons (Fsp3) is 0.500. The third kappa shape index (κ3) is 3.46. The number of benzene rings is 1. The molecular formula is C20H25N3O5. The van der Waals surface area contributed by atoms with Crippen LogP contribution < -0.4 is 16.0 Å².